The maximum atomic E-state index is 12.1. The van der Waals surface area contributed by atoms with Crippen molar-refractivity contribution in [3.63, 3.8) is 0 Å². The lowest BCUT2D eigenvalue weighted by Gasteiger charge is -2.06. The molecule has 0 atom stereocenters. The van der Waals surface area contributed by atoms with E-state index in [2.05, 4.69) is 10.7 Å². The van der Waals surface area contributed by atoms with Crippen LogP contribution >= 0.6 is 22.7 Å². The fraction of sp³-hybridized carbons (Fsp3) is 0.158. The molecule has 0 saturated carbocycles. The molecule has 1 aromatic carbocycles. The van der Waals surface area contributed by atoms with Gasteiger partial charge in [0.25, 0.3) is 0 Å². The molecular formula is C19H17NO2S2. The number of amides is 1. The second kappa shape index (κ2) is 7.55. The lowest BCUT2D eigenvalue weighted by molar-refractivity contribution is -0.116. The van der Waals surface area contributed by atoms with E-state index in [0.29, 0.717) is 0 Å². The normalized spacial score (nSPS) is 10.5. The summed E-state index contributed by atoms with van der Waals surface area (Å²) in [7, 11) is 0. The summed E-state index contributed by atoms with van der Waals surface area (Å²) < 4.78 is 0. The Bertz CT molecular complexity index is 850. The van der Waals surface area contributed by atoms with E-state index in [1.807, 2.05) is 54.8 Å². The highest BCUT2D eigenvalue weighted by atomic mass is 32.1. The van der Waals surface area contributed by atoms with Gasteiger partial charge in [0.2, 0.25) is 5.91 Å². The Labute approximate surface area is 149 Å². The van der Waals surface area contributed by atoms with Gasteiger partial charge in [0.1, 0.15) is 0 Å². The minimum absolute atomic E-state index is 0.0234. The number of hydrogen-bond acceptors (Lipinski definition) is 4. The van der Waals surface area contributed by atoms with Crippen LogP contribution in [0.4, 0.5) is 5.69 Å². The van der Waals surface area contributed by atoms with Crippen molar-refractivity contribution in [3.8, 4) is 11.1 Å². The highest BCUT2D eigenvalue weighted by molar-refractivity contribution is 7.14. The smallest absolute Gasteiger partial charge is 0.224 e. The molecule has 122 valence electrons. The predicted molar refractivity (Wildman–Crippen MR) is 101 cm³/mol. The summed E-state index contributed by atoms with van der Waals surface area (Å²) in [4.78, 5) is 26.0. The minimum atomic E-state index is -0.140. The molecule has 0 unspecified atom stereocenters. The zero-order valence-electron chi connectivity index (χ0n) is 13.2. The van der Waals surface area contributed by atoms with Crippen LogP contribution in [0.1, 0.15) is 27.4 Å². The van der Waals surface area contributed by atoms with Crippen molar-refractivity contribution in [1.29, 1.82) is 0 Å². The van der Waals surface area contributed by atoms with Crippen molar-refractivity contribution in [2.75, 3.05) is 5.32 Å². The van der Waals surface area contributed by atoms with Crippen molar-refractivity contribution in [2.45, 2.75) is 19.8 Å². The van der Waals surface area contributed by atoms with Crippen molar-refractivity contribution in [3.05, 3.63) is 63.0 Å². The Kier molecular flexibility index (Phi) is 5.23. The molecular weight excluding hydrogens is 338 g/mol. The van der Waals surface area contributed by atoms with Gasteiger partial charge in [-0.25, -0.2) is 0 Å². The maximum absolute atomic E-state index is 12.1. The van der Waals surface area contributed by atoms with E-state index in [1.54, 1.807) is 11.3 Å². The largest absolute Gasteiger partial charge is 0.326 e. The number of Topliss-reactive ketones (excluding diaryl/α,β-unsaturated/α-hetero) is 1. The van der Waals surface area contributed by atoms with Crippen LogP contribution in [-0.4, -0.2) is 11.7 Å². The highest BCUT2D eigenvalue weighted by Crippen LogP contribution is 2.25. The van der Waals surface area contributed by atoms with Gasteiger partial charge >= 0.3 is 0 Å². The Morgan fingerprint density at radius 2 is 1.92 bits per heavy atom. The number of nitrogens with one attached hydrogen (secondary N) is 1. The van der Waals surface area contributed by atoms with Gasteiger partial charge in [0.15, 0.2) is 5.78 Å². The van der Waals surface area contributed by atoms with Crippen molar-refractivity contribution in [2.24, 2.45) is 0 Å². The number of rotatable bonds is 6. The molecule has 0 fully saturated rings. The number of anilines is 1. The number of ketones is 1. The first-order valence-electron chi connectivity index (χ1n) is 7.64. The molecule has 0 aliphatic carbocycles. The molecule has 0 saturated heterocycles. The van der Waals surface area contributed by atoms with E-state index in [-0.39, 0.29) is 24.5 Å². The van der Waals surface area contributed by atoms with Gasteiger partial charge in [-0.2, -0.15) is 11.3 Å². The van der Waals surface area contributed by atoms with Crippen LogP contribution in [0.15, 0.2) is 53.2 Å². The average molecular weight is 355 g/mol. The molecule has 3 aromatic rings. The van der Waals surface area contributed by atoms with Gasteiger partial charge in [0, 0.05) is 23.4 Å². The molecule has 2 aromatic heterocycles. The molecule has 3 nitrogen and oxygen atoms in total. The minimum Gasteiger partial charge on any atom is -0.326 e. The number of aryl methyl sites for hydroxylation is 1. The summed E-state index contributed by atoms with van der Waals surface area (Å²) in [5.41, 5.74) is 2.96. The van der Waals surface area contributed by atoms with Crippen LogP contribution in [0.25, 0.3) is 11.1 Å². The summed E-state index contributed by atoms with van der Waals surface area (Å²) in [6.07, 6.45) is 0.425. The molecule has 1 N–H and O–H groups in total. The number of benzene rings is 1. The summed E-state index contributed by atoms with van der Waals surface area (Å²) in [5.74, 6) is -0.116. The standard InChI is InChI=1S/C19H17NO2S2/c1-13-5-7-18(24-13)17(21)6-8-19(22)20-16-4-2-3-14(11-16)15-9-10-23-12-15/h2-5,7,9-12H,6,8H2,1H3,(H,20,22). The third-order valence-electron chi connectivity index (χ3n) is 3.60. The second-order valence-electron chi connectivity index (χ2n) is 5.47. The summed E-state index contributed by atoms with van der Waals surface area (Å²) in [6, 6.07) is 13.5. The Morgan fingerprint density at radius 1 is 1.04 bits per heavy atom. The van der Waals surface area contributed by atoms with E-state index >= 15 is 0 Å². The van der Waals surface area contributed by atoms with Crippen LogP contribution in [0.2, 0.25) is 0 Å². The SMILES string of the molecule is Cc1ccc(C(=O)CCC(=O)Nc2cccc(-c3ccsc3)c2)s1. The number of thiophene rings is 2. The predicted octanol–water partition coefficient (Wildman–Crippen LogP) is 5.39. The molecule has 2 heterocycles. The van der Waals surface area contributed by atoms with E-state index in [9.17, 15) is 9.59 Å². The number of hydrogen-bond donors (Lipinski definition) is 1. The highest BCUT2D eigenvalue weighted by Gasteiger charge is 2.11. The first-order valence-corrected chi connectivity index (χ1v) is 9.40. The molecule has 0 radical (unpaired) electrons. The lowest BCUT2D eigenvalue weighted by atomic mass is 10.1. The van der Waals surface area contributed by atoms with Crippen LogP contribution in [0, 0.1) is 6.92 Å². The zero-order chi connectivity index (χ0) is 16.9. The van der Waals surface area contributed by atoms with Gasteiger partial charge in [0.05, 0.1) is 4.88 Å². The van der Waals surface area contributed by atoms with E-state index in [1.165, 1.54) is 11.3 Å². The van der Waals surface area contributed by atoms with Crippen molar-refractivity contribution >= 4 is 40.1 Å². The van der Waals surface area contributed by atoms with Gasteiger partial charge in [-0.15, -0.1) is 11.3 Å². The molecule has 0 spiro atoms. The number of carbonyl (C=O) groups excluding carboxylic acids is 2. The summed E-state index contributed by atoms with van der Waals surface area (Å²) in [6.45, 7) is 1.97. The van der Waals surface area contributed by atoms with Crippen molar-refractivity contribution in [1.82, 2.24) is 0 Å². The third-order valence-corrected chi connectivity index (χ3v) is 5.32. The Morgan fingerprint density at radius 3 is 2.62 bits per heavy atom. The zero-order valence-corrected chi connectivity index (χ0v) is 14.9. The number of carbonyl (C=O) groups is 2. The van der Waals surface area contributed by atoms with E-state index in [0.717, 1.165) is 26.6 Å². The molecule has 1 amide bonds. The maximum Gasteiger partial charge on any atom is 0.224 e. The molecule has 0 bridgehead atoms. The third kappa shape index (κ3) is 4.19. The van der Waals surface area contributed by atoms with Gasteiger partial charge < -0.3 is 5.32 Å². The topological polar surface area (TPSA) is 46.2 Å². The second-order valence-corrected chi connectivity index (χ2v) is 7.54. The van der Waals surface area contributed by atoms with Crippen LogP contribution < -0.4 is 5.32 Å². The van der Waals surface area contributed by atoms with Crippen LogP contribution in [0.5, 0.6) is 0 Å². The average Bonchev–Trinajstić information content (AvgIpc) is 3.24. The van der Waals surface area contributed by atoms with E-state index < -0.39 is 0 Å². The quantitative estimate of drug-likeness (QED) is 0.603. The molecule has 5 heteroatoms. The molecule has 24 heavy (non-hydrogen) atoms. The summed E-state index contributed by atoms with van der Waals surface area (Å²) >= 11 is 3.11. The molecule has 3 rings (SSSR count). The fourth-order valence-corrected chi connectivity index (χ4v) is 3.86. The van der Waals surface area contributed by atoms with E-state index in [4.69, 9.17) is 0 Å². The molecule has 0 aliphatic heterocycles. The van der Waals surface area contributed by atoms with Crippen LogP contribution in [-0.2, 0) is 4.79 Å². The monoisotopic (exact) mass is 355 g/mol. The van der Waals surface area contributed by atoms with Gasteiger partial charge in [-0.1, -0.05) is 12.1 Å². The van der Waals surface area contributed by atoms with Gasteiger partial charge in [-0.05, 0) is 59.1 Å². The Hall–Kier alpha value is -2.24. The first-order chi connectivity index (χ1) is 11.6. The lowest BCUT2D eigenvalue weighted by Crippen LogP contribution is -2.13. The van der Waals surface area contributed by atoms with Crippen molar-refractivity contribution < 1.29 is 9.59 Å². The summed E-state index contributed by atoms with van der Waals surface area (Å²) in [5, 5.41) is 6.97. The van der Waals surface area contributed by atoms with Crippen LogP contribution in [0.3, 0.4) is 0 Å². The first kappa shape index (κ1) is 16.6. The van der Waals surface area contributed by atoms with Gasteiger partial charge in [-0.3, -0.25) is 9.59 Å². The molecule has 0 aliphatic rings. The Balaban J connectivity index is 1.57. The fourth-order valence-electron chi connectivity index (χ4n) is 2.36.